The second-order valence-corrected chi connectivity index (χ2v) is 5.81. The van der Waals surface area contributed by atoms with E-state index in [-0.39, 0.29) is 30.3 Å². The van der Waals surface area contributed by atoms with Gasteiger partial charge in [0.2, 0.25) is 11.8 Å². The third kappa shape index (κ3) is 6.37. The maximum atomic E-state index is 11.7. The minimum absolute atomic E-state index is 0. The number of fused-ring (bicyclic) bond motifs is 1. The van der Waals surface area contributed by atoms with Crippen molar-refractivity contribution in [2.45, 2.75) is 38.6 Å². The van der Waals surface area contributed by atoms with E-state index in [1.807, 2.05) is 32.2 Å². The van der Waals surface area contributed by atoms with E-state index in [0.717, 1.165) is 23.4 Å². The second kappa shape index (κ2) is 10.2. The van der Waals surface area contributed by atoms with Crippen LogP contribution in [0.5, 0.6) is 5.75 Å². The SMILES string of the molecule is CNC(C)CNC(=O)CCCOc1ccc2c(c1)CCC(=O)N2.Cl. The Morgan fingerprint density at radius 2 is 2.17 bits per heavy atom. The lowest BCUT2D eigenvalue weighted by Gasteiger charge is -2.17. The highest BCUT2D eigenvalue weighted by Gasteiger charge is 2.15. The van der Waals surface area contributed by atoms with Crippen molar-refractivity contribution in [2.24, 2.45) is 0 Å². The van der Waals surface area contributed by atoms with E-state index in [0.29, 0.717) is 32.4 Å². The first-order valence-electron chi connectivity index (χ1n) is 8.08. The maximum absolute atomic E-state index is 11.7. The molecule has 0 saturated heterocycles. The lowest BCUT2D eigenvalue weighted by molar-refractivity contribution is -0.121. The standard InChI is InChI=1S/C17H25N3O3.ClH/c1-12(18-2)11-19-16(21)4-3-9-23-14-6-7-15-13(10-14)5-8-17(22)20-15;/h6-7,10,12,18H,3-5,8-9,11H2,1-2H3,(H,19,21)(H,20,22);1H. The van der Waals surface area contributed by atoms with Gasteiger partial charge in [0.25, 0.3) is 0 Å². The van der Waals surface area contributed by atoms with Crippen molar-refractivity contribution in [1.29, 1.82) is 0 Å². The fourth-order valence-electron chi connectivity index (χ4n) is 2.33. The third-order valence-corrected chi connectivity index (χ3v) is 3.89. The summed E-state index contributed by atoms with van der Waals surface area (Å²) in [6.45, 7) is 3.15. The zero-order chi connectivity index (χ0) is 16.7. The summed E-state index contributed by atoms with van der Waals surface area (Å²) in [6.07, 6.45) is 2.39. The summed E-state index contributed by atoms with van der Waals surface area (Å²) in [6, 6.07) is 5.95. The molecule has 1 aliphatic heterocycles. The number of anilines is 1. The van der Waals surface area contributed by atoms with E-state index >= 15 is 0 Å². The fraction of sp³-hybridized carbons (Fsp3) is 0.529. The summed E-state index contributed by atoms with van der Waals surface area (Å²) in [5.74, 6) is 0.887. The summed E-state index contributed by atoms with van der Waals surface area (Å²) in [7, 11) is 1.87. The van der Waals surface area contributed by atoms with Crippen molar-refractivity contribution in [3.63, 3.8) is 0 Å². The van der Waals surface area contributed by atoms with Crippen LogP contribution < -0.4 is 20.7 Å². The van der Waals surface area contributed by atoms with Gasteiger partial charge in [-0.3, -0.25) is 9.59 Å². The van der Waals surface area contributed by atoms with Gasteiger partial charge in [0.05, 0.1) is 6.61 Å². The van der Waals surface area contributed by atoms with Crippen molar-refractivity contribution in [1.82, 2.24) is 10.6 Å². The highest BCUT2D eigenvalue weighted by Crippen LogP contribution is 2.26. The van der Waals surface area contributed by atoms with E-state index in [9.17, 15) is 9.59 Å². The molecule has 0 saturated carbocycles. The fourth-order valence-corrected chi connectivity index (χ4v) is 2.33. The molecule has 0 fully saturated rings. The van der Waals surface area contributed by atoms with Gasteiger partial charge < -0.3 is 20.7 Å². The topological polar surface area (TPSA) is 79.5 Å². The number of halogens is 1. The van der Waals surface area contributed by atoms with Crippen molar-refractivity contribution in [3.8, 4) is 5.75 Å². The van der Waals surface area contributed by atoms with Crippen LogP contribution in [0.15, 0.2) is 18.2 Å². The number of benzene rings is 1. The van der Waals surface area contributed by atoms with Gasteiger partial charge in [0.15, 0.2) is 0 Å². The Hall–Kier alpha value is -1.79. The van der Waals surface area contributed by atoms with Gasteiger partial charge in [-0.2, -0.15) is 0 Å². The lowest BCUT2D eigenvalue weighted by atomic mass is 10.0. The number of nitrogens with one attached hydrogen (secondary N) is 3. The predicted octanol–water partition coefficient (Wildman–Crippen LogP) is 1.88. The van der Waals surface area contributed by atoms with Crippen LogP contribution in [0.4, 0.5) is 5.69 Å². The molecule has 1 heterocycles. The molecule has 0 radical (unpaired) electrons. The van der Waals surface area contributed by atoms with Crippen LogP contribution >= 0.6 is 12.4 Å². The Morgan fingerprint density at radius 1 is 1.38 bits per heavy atom. The van der Waals surface area contributed by atoms with E-state index < -0.39 is 0 Å². The molecule has 1 aromatic carbocycles. The summed E-state index contributed by atoms with van der Waals surface area (Å²) in [4.78, 5) is 23.0. The van der Waals surface area contributed by atoms with Gasteiger partial charge in [0.1, 0.15) is 5.75 Å². The van der Waals surface area contributed by atoms with E-state index in [1.54, 1.807) is 0 Å². The Balaban J connectivity index is 0.00000288. The molecule has 24 heavy (non-hydrogen) atoms. The molecule has 7 heteroatoms. The van der Waals surface area contributed by atoms with Crippen LogP contribution in [0, 0.1) is 0 Å². The van der Waals surface area contributed by atoms with Crippen LogP contribution in [0.25, 0.3) is 0 Å². The Morgan fingerprint density at radius 3 is 2.92 bits per heavy atom. The van der Waals surface area contributed by atoms with Crippen LogP contribution in [-0.4, -0.2) is 38.1 Å². The van der Waals surface area contributed by atoms with Crippen LogP contribution in [0.2, 0.25) is 0 Å². The molecule has 3 N–H and O–H groups in total. The number of hydrogen-bond acceptors (Lipinski definition) is 4. The minimum atomic E-state index is 0. The molecule has 1 aromatic rings. The monoisotopic (exact) mass is 355 g/mol. The third-order valence-electron chi connectivity index (χ3n) is 3.89. The van der Waals surface area contributed by atoms with Gasteiger partial charge in [-0.25, -0.2) is 0 Å². The Kier molecular flexibility index (Phi) is 8.57. The normalized spacial score (nSPS) is 14.0. The van der Waals surface area contributed by atoms with Gasteiger partial charge in [-0.15, -0.1) is 12.4 Å². The zero-order valence-corrected chi connectivity index (χ0v) is 15.0. The zero-order valence-electron chi connectivity index (χ0n) is 14.2. The first kappa shape index (κ1) is 20.3. The number of rotatable bonds is 8. The first-order chi connectivity index (χ1) is 11.1. The largest absolute Gasteiger partial charge is 0.494 e. The molecule has 134 valence electrons. The van der Waals surface area contributed by atoms with E-state index in [4.69, 9.17) is 4.74 Å². The molecule has 1 unspecified atom stereocenters. The molecule has 0 aromatic heterocycles. The summed E-state index contributed by atoms with van der Waals surface area (Å²) < 4.78 is 5.69. The minimum Gasteiger partial charge on any atom is -0.494 e. The molecule has 0 spiro atoms. The van der Waals surface area contributed by atoms with Crippen molar-refractivity contribution in [3.05, 3.63) is 23.8 Å². The second-order valence-electron chi connectivity index (χ2n) is 5.81. The average molecular weight is 356 g/mol. The number of aryl methyl sites for hydroxylation is 1. The molecule has 6 nitrogen and oxygen atoms in total. The van der Waals surface area contributed by atoms with Crippen molar-refractivity contribution >= 4 is 29.9 Å². The van der Waals surface area contributed by atoms with Crippen molar-refractivity contribution in [2.75, 3.05) is 25.5 Å². The van der Waals surface area contributed by atoms with Gasteiger partial charge in [-0.05, 0) is 50.6 Å². The highest BCUT2D eigenvalue weighted by atomic mass is 35.5. The predicted molar refractivity (Wildman–Crippen MR) is 96.9 cm³/mol. The molecule has 1 aliphatic rings. The summed E-state index contributed by atoms with van der Waals surface area (Å²) >= 11 is 0. The molecular formula is C17H26ClN3O3. The molecule has 0 bridgehead atoms. The number of ether oxygens (including phenoxy) is 1. The number of likely N-dealkylation sites (N-methyl/N-ethyl adjacent to an activating group) is 1. The van der Waals surface area contributed by atoms with E-state index in [2.05, 4.69) is 16.0 Å². The first-order valence-corrected chi connectivity index (χ1v) is 8.08. The van der Waals surface area contributed by atoms with Gasteiger partial charge in [-0.1, -0.05) is 0 Å². The molecule has 0 aliphatic carbocycles. The van der Waals surface area contributed by atoms with Crippen molar-refractivity contribution < 1.29 is 14.3 Å². The van der Waals surface area contributed by atoms with Crippen LogP contribution in [0.3, 0.4) is 0 Å². The van der Waals surface area contributed by atoms with Crippen LogP contribution in [0.1, 0.15) is 31.7 Å². The summed E-state index contributed by atoms with van der Waals surface area (Å²) in [5.41, 5.74) is 1.97. The number of carbonyl (C=O) groups excluding carboxylic acids is 2. The molecule has 1 atom stereocenters. The van der Waals surface area contributed by atoms with Gasteiger partial charge >= 0.3 is 0 Å². The highest BCUT2D eigenvalue weighted by molar-refractivity contribution is 5.94. The quantitative estimate of drug-likeness (QED) is 0.622. The number of carbonyl (C=O) groups is 2. The summed E-state index contributed by atoms with van der Waals surface area (Å²) in [5, 5.41) is 8.80. The molecule has 2 amide bonds. The average Bonchev–Trinajstić information content (AvgIpc) is 2.56. The molecule has 2 rings (SSSR count). The molecular weight excluding hydrogens is 330 g/mol. The van der Waals surface area contributed by atoms with E-state index in [1.165, 1.54) is 0 Å². The van der Waals surface area contributed by atoms with Crippen LogP contribution in [-0.2, 0) is 16.0 Å². The lowest BCUT2D eigenvalue weighted by Crippen LogP contribution is -2.37. The Labute approximate surface area is 149 Å². The number of amides is 2. The smallest absolute Gasteiger partial charge is 0.224 e. The van der Waals surface area contributed by atoms with Gasteiger partial charge in [0, 0.05) is 31.1 Å². The Bertz CT molecular complexity index is 566. The maximum Gasteiger partial charge on any atom is 0.224 e. The number of hydrogen-bond donors (Lipinski definition) is 3.